The summed E-state index contributed by atoms with van der Waals surface area (Å²) in [5.74, 6) is -0.994. The molecule has 0 spiro atoms. The first kappa shape index (κ1) is 25.3. The van der Waals surface area contributed by atoms with Crippen molar-refractivity contribution in [1.82, 2.24) is 19.7 Å². The van der Waals surface area contributed by atoms with E-state index < -0.39 is 29.3 Å². The third-order valence-corrected chi connectivity index (χ3v) is 6.95. The molecule has 1 fully saturated rings. The Balaban J connectivity index is 1.44. The summed E-state index contributed by atoms with van der Waals surface area (Å²) in [6.45, 7) is 5.03. The Morgan fingerprint density at radius 1 is 1.22 bits per heavy atom. The highest BCUT2D eigenvalue weighted by atomic mass is 35.5. The Kier molecular flexibility index (Phi) is 6.76. The van der Waals surface area contributed by atoms with E-state index in [-0.39, 0.29) is 28.4 Å². The fraction of sp³-hybridized carbons (Fsp3) is 0.360. The van der Waals surface area contributed by atoms with Gasteiger partial charge in [0.1, 0.15) is 17.2 Å². The monoisotopic (exact) mass is 535 g/mol. The van der Waals surface area contributed by atoms with Gasteiger partial charge in [-0.25, -0.2) is 14.4 Å². The van der Waals surface area contributed by atoms with Crippen molar-refractivity contribution < 1.29 is 22.3 Å². The normalized spacial score (nSPS) is 18.0. The van der Waals surface area contributed by atoms with Gasteiger partial charge >= 0.3 is 6.18 Å². The van der Waals surface area contributed by atoms with E-state index in [4.69, 9.17) is 16.3 Å². The van der Waals surface area contributed by atoms with Crippen LogP contribution in [0.3, 0.4) is 0 Å². The molecule has 1 unspecified atom stereocenters. The van der Waals surface area contributed by atoms with E-state index in [9.17, 15) is 22.4 Å². The number of halogens is 5. The fourth-order valence-electron chi connectivity index (χ4n) is 4.74. The number of aromatic nitrogens is 4. The number of nitrogens with zero attached hydrogens (tertiary/aromatic N) is 5. The van der Waals surface area contributed by atoms with E-state index in [2.05, 4.69) is 21.6 Å². The van der Waals surface area contributed by atoms with Crippen molar-refractivity contribution in [1.29, 1.82) is 0 Å². The lowest BCUT2D eigenvalue weighted by Gasteiger charge is -2.31. The molecule has 1 aromatic carbocycles. The van der Waals surface area contributed by atoms with E-state index in [1.807, 2.05) is 4.90 Å². The summed E-state index contributed by atoms with van der Waals surface area (Å²) in [5, 5.41) is 4.30. The van der Waals surface area contributed by atoms with Gasteiger partial charge in [0.2, 0.25) is 0 Å². The molecule has 12 heteroatoms. The average Bonchev–Trinajstić information content (AvgIpc) is 2.89. The van der Waals surface area contributed by atoms with Crippen LogP contribution < -0.4 is 10.5 Å². The molecule has 0 radical (unpaired) electrons. The molecular formula is C25H22ClF4N5O2. The first-order valence-electron chi connectivity index (χ1n) is 11.7. The number of rotatable bonds is 4. The van der Waals surface area contributed by atoms with Crippen LogP contribution in [0.4, 0.5) is 23.2 Å². The maximum atomic E-state index is 13.6. The number of alkyl halides is 3. The minimum Gasteiger partial charge on any atom is -0.363 e. The van der Waals surface area contributed by atoms with Gasteiger partial charge in [0.05, 0.1) is 35.4 Å². The molecule has 2 aromatic heterocycles. The van der Waals surface area contributed by atoms with Gasteiger partial charge < -0.3 is 9.64 Å². The number of hydrogen-bond acceptors (Lipinski definition) is 6. The molecule has 2 aliphatic heterocycles. The molecule has 37 heavy (non-hydrogen) atoms. The van der Waals surface area contributed by atoms with Gasteiger partial charge in [0.25, 0.3) is 5.56 Å². The second-order valence-corrected chi connectivity index (χ2v) is 9.28. The minimum atomic E-state index is -4.77. The quantitative estimate of drug-likeness (QED) is 0.429. The summed E-state index contributed by atoms with van der Waals surface area (Å²) in [6, 6.07) is 2.46. The predicted molar refractivity (Wildman–Crippen MR) is 129 cm³/mol. The van der Waals surface area contributed by atoms with Crippen LogP contribution in [0, 0.1) is 5.82 Å². The molecule has 0 aliphatic carbocycles. The highest BCUT2D eigenvalue weighted by Gasteiger charge is 2.35. The molecular weight excluding hydrogens is 514 g/mol. The summed E-state index contributed by atoms with van der Waals surface area (Å²) in [4.78, 5) is 23.3. The van der Waals surface area contributed by atoms with Crippen LogP contribution in [-0.2, 0) is 23.9 Å². The SMILES string of the molecule is C=C(c1ccc(F)cc1C(F)(F)F)c1ncnc2c1CCN(c1cnn(C3CCCCO3)c(=O)c1Cl)C2. The first-order chi connectivity index (χ1) is 17.6. The van der Waals surface area contributed by atoms with Crippen LogP contribution in [0.15, 0.2) is 42.1 Å². The van der Waals surface area contributed by atoms with Crippen LogP contribution in [0.5, 0.6) is 0 Å². The largest absolute Gasteiger partial charge is 0.417 e. The van der Waals surface area contributed by atoms with Gasteiger partial charge in [-0.1, -0.05) is 24.2 Å². The van der Waals surface area contributed by atoms with Crippen molar-refractivity contribution in [2.75, 3.05) is 18.1 Å². The van der Waals surface area contributed by atoms with Crippen molar-refractivity contribution >= 4 is 22.9 Å². The van der Waals surface area contributed by atoms with Gasteiger partial charge in [-0.15, -0.1) is 0 Å². The minimum absolute atomic E-state index is 0.00689. The maximum Gasteiger partial charge on any atom is 0.417 e. The Bertz CT molecular complexity index is 1420. The van der Waals surface area contributed by atoms with Crippen LogP contribution in [0.1, 0.15) is 53.6 Å². The molecule has 4 heterocycles. The number of anilines is 1. The van der Waals surface area contributed by atoms with Gasteiger partial charge in [-0.3, -0.25) is 4.79 Å². The van der Waals surface area contributed by atoms with E-state index in [0.29, 0.717) is 49.0 Å². The molecule has 2 aliphatic rings. The molecule has 1 atom stereocenters. The number of benzene rings is 1. The number of fused-ring (bicyclic) bond motifs is 1. The maximum absolute atomic E-state index is 13.6. The van der Waals surface area contributed by atoms with E-state index in [1.54, 1.807) is 0 Å². The Hall–Kier alpha value is -3.31. The molecule has 7 nitrogen and oxygen atoms in total. The zero-order valence-corrected chi connectivity index (χ0v) is 20.3. The smallest absolute Gasteiger partial charge is 0.363 e. The standard InChI is InChI=1S/C25H22ClF4N5O2/c1-14(16-6-5-15(27)10-18(16)25(28,29)30)23-17-7-8-34(12-19(17)31-13-32-23)20-11-33-35(24(36)22(20)26)21-4-2-3-9-37-21/h5-6,10-11,13,21H,1-4,7-9,12H2. The van der Waals surface area contributed by atoms with Crippen molar-refractivity contribution in [3.8, 4) is 0 Å². The Morgan fingerprint density at radius 2 is 2.03 bits per heavy atom. The number of ether oxygens (including phenoxy) is 1. The Morgan fingerprint density at radius 3 is 2.76 bits per heavy atom. The molecule has 0 amide bonds. The Labute approximate surface area is 214 Å². The zero-order valence-electron chi connectivity index (χ0n) is 19.6. The summed E-state index contributed by atoms with van der Waals surface area (Å²) in [6.07, 6.45) is 0.433. The first-order valence-corrected chi connectivity index (χ1v) is 12.1. The molecule has 3 aromatic rings. The van der Waals surface area contributed by atoms with Crippen molar-refractivity contribution in [3.05, 3.63) is 86.6 Å². The van der Waals surface area contributed by atoms with Gasteiger partial charge in [-0.2, -0.15) is 23.0 Å². The second-order valence-electron chi connectivity index (χ2n) is 8.90. The summed E-state index contributed by atoms with van der Waals surface area (Å²) < 4.78 is 61.3. The highest BCUT2D eigenvalue weighted by molar-refractivity contribution is 6.33. The zero-order chi connectivity index (χ0) is 26.3. The van der Waals surface area contributed by atoms with Gasteiger partial charge in [0, 0.05) is 24.3 Å². The molecule has 0 bridgehead atoms. The molecule has 5 rings (SSSR count). The van der Waals surface area contributed by atoms with Gasteiger partial charge in [0.15, 0.2) is 6.23 Å². The van der Waals surface area contributed by atoms with Crippen LogP contribution in [-0.4, -0.2) is 32.9 Å². The second kappa shape index (κ2) is 9.86. The van der Waals surface area contributed by atoms with Crippen molar-refractivity contribution in [2.45, 2.75) is 44.6 Å². The van der Waals surface area contributed by atoms with Crippen LogP contribution >= 0.6 is 11.6 Å². The molecule has 194 valence electrons. The summed E-state index contributed by atoms with van der Waals surface area (Å²) >= 11 is 6.46. The lowest BCUT2D eigenvalue weighted by atomic mass is 9.92. The highest BCUT2D eigenvalue weighted by Crippen LogP contribution is 2.38. The third kappa shape index (κ3) is 4.85. The fourth-order valence-corrected chi connectivity index (χ4v) is 5.00. The predicted octanol–water partition coefficient (Wildman–Crippen LogP) is 5.17. The van der Waals surface area contributed by atoms with Crippen molar-refractivity contribution in [3.63, 3.8) is 0 Å². The lowest BCUT2D eigenvalue weighted by Crippen LogP contribution is -2.36. The van der Waals surface area contributed by atoms with Crippen LogP contribution in [0.2, 0.25) is 5.02 Å². The molecule has 0 saturated carbocycles. The molecule has 1 saturated heterocycles. The average molecular weight is 536 g/mol. The topological polar surface area (TPSA) is 73.1 Å². The van der Waals surface area contributed by atoms with E-state index >= 15 is 0 Å². The van der Waals surface area contributed by atoms with E-state index in [0.717, 1.165) is 25.0 Å². The van der Waals surface area contributed by atoms with Gasteiger partial charge in [-0.05, 0) is 43.4 Å². The lowest BCUT2D eigenvalue weighted by molar-refractivity contribution is -0.137. The van der Waals surface area contributed by atoms with E-state index in [1.165, 1.54) is 17.2 Å². The third-order valence-electron chi connectivity index (χ3n) is 6.60. The summed E-state index contributed by atoms with van der Waals surface area (Å²) in [7, 11) is 0. The molecule has 0 N–H and O–H groups in total. The number of hydrogen-bond donors (Lipinski definition) is 0. The van der Waals surface area contributed by atoms with Crippen LogP contribution in [0.25, 0.3) is 5.57 Å². The summed E-state index contributed by atoms with van der Waals surface area (Å²) in [5.41, 5.74) is 0.0785. The van der Waals surface area contributed by atoms with Crippen molar-refractivity contribution in [2.24, 2.45) is 0 Å².